The molecule has 1 amide bonds. The number of carbonyl (C=O) groups is 1. The molecule has 2 rings (SSSR count). The minimum Gasteiger partial charge on any atom is -0.383 e. The first-order valence-electron chi connectivity index (χ1n) is 7.53. The number of methoxy groups -OCH3 is 1. The van der Waals surface area contributed by atoms with Gasteiger partial charge in [0, 0.05) is 39.3 Å². The van der Waals surface area contributed by atoms with Gasteiger partial charge in [0.2, 0.25) is 5.91 Å². The topological polar surface area (TPSA) is 53.6 Å². The molecule has 5 nitrogen and oxygen atoms in total. The molecular formula is C16H25N3O2. The molecule has 0 bridgehead atoms. The Kier molecular flexibility index (Phi) is 6.66. The fraction of sp³-hybridized carbons (Fsp3) is 0.562. The Morgan fingerprint density at radius 1 is 1.38 bits per heavy atom. The lowest BCUT2D eigenvalue weighted by atomic mass is 10.2. The second-order valence-corrected chi connectivity index (χ2v) is 5.44. The van der Waals surface area contributed by atoms with Crippen LogP contribution in [0.1, 0.15) is 12.0 Å². The van der Waals surface area contributed by atoms with Crippen molar-refractivity contribution in [3.8, 4) is 0 Å². The molecule has 0 spiro atoms. The van der Waals surface area contributed by atoms with Crippen LogP contribution in [0.25, 0.3) is 0 Å². The largest absolute Gasteiger partial charge is 0.383 e. The molecule has 1 unspecified atom stereocenters. The zero-order valence-electron chi connectivity index (χ0n) is 12.7. The van der Waals surface area contributed by atoms with Gasteiger partial charge in [0.15, 0.2) is 0 Å². The molecule has 5 heteroatoms. The first kappa shape index (κ1) is 15.9. The predicted molar refractivity (Wildman–Crippen MR) is 83.0 cm³/mol. The van der Waals surface area contributed by atoms with E-state index in [1.165, 1.54) is 5.56 Å². The van der Waals surface area contributed by atoms with E-state index in [4.69, 9.17) is 4.74 Å². The maximum atomic E-state index is 11.8. The average Bonchev–Trinajstić information content (AvgIpc) is 2.92. The van der Waals surface area contributed by atoms with Gasteiger partial charge in [-0.3, -0.25) is 9.69 Å². The van der Waals surface area contributed by atoms with Crippen molar-refractivity contribution >= 4 is 5.91 Å². The number of hydrogen-bond acceptors (Lipinski definition) is 4. The van der Waals surface area contributed by atoms with Gasteiger partial charge in [0.25, 0.3) is 0 Å². The molecule has 0 saturated carbocycles. The van der Waals surface area contributed by atoms with Gasteiger partial charge in [-0.15, -0.1) is 0 Å². The molecule has 0 aromatic heterocycles. The highest BCUT2D eigenvalue weighted by molar-refractivity contribution is 5.78. The molecule has 0 radical (unpaired) electrons. The smallest absolute Gasteiger partial charge is 0.234 e. The molecule has 21 heavy (non-hydrogen) atoms. The second kappa shape index (κ2) is 8.77. The summed E-state index contributed by atoms with van der Waals surface area (Å²) in [6.07, 6.45) is 1.02. The van der Waals surface area contributed by atoms with Crippen molar-refractivity contribution in [2.45, 2.75) is 19.0 Å². The molecule has 0 aliphatic carbocycles. The lowest BCUT2D eigenvalue weighted by molar-refractivity contribution is -0.120. The van der Waals surface area contributed by atoms with Gasteiger partial charge in [0.05, 0.1) is 13.2 Å². The van der Waals surface area contributed by atoms with Gasteiger partial charge in [0.1, 0.15) is 0 Å². The van der Waals surface area contributed by atoms with Crippen molar-refractivity contribution in [2.24, 2.45) is 0 Å². The van der Waals surface area contributed by atoms with Gasteiger partial charge in [-0.2, -0.15) is 0 Å². The SMILES string of the molecule is COCCNCC(=O)NC1CCN(Cc2ccccc2)C1. The van der Waals surface area contributed by atoms with E-state index in [0.29, 0.717) is 19.7 Å². The molecule has 1 aliphatic rings. The highest BCUT2D eigenvalue weighted by atomic mass is 16.5. The summed E-state index contributed by atoms with van der Waals surface area (Å²) < 4.78 is 4.93. The van der Waals surface area contributed by atoms with Crippen molar-refractivity contribution in [1.82, 2.24) is 15.5 Å². The van der Waals surface area contributed by atoms with Crippen LogP contribution in [0.4, 0.5) is 0 Å². The van der Waals surface area contributed by atoms with Gasteiger partial charge in [-0.05, 0) is 12.0 Å². The lowest BCUT2D eigenvalue weighted by Crippen LogP contribution is -2.42. The van der Waals surface area contributed by atoms with Crippen LogP contribution in [-0.2, 0) is 16.1 Å². The highest BCUT2D eigenvalue weighted by Gasteiger charge is 2.23. The Labute approximate surface area is 126 Å². The van der Waals surface area contributed by atoms with E-state index in [1.54, 1.807) is 7.11 Å². The Morgan fingerprint density at radius 3 is 2.95 bits per heavy atom. The number of rotatable bonds is 8. The summed E-state index contributed by atoms with van der Waals surface area (Å²) in [4.78, 5) is 14.2. The first-order valence-corrected chi connectivity index (χ1v) is 7.53. The zero-order valence-corrected chi connectivity index (χ0v) is 12.7. The number of nitrogens with zero attached hydrogens (tertiary/aromatic N) is 1. The Balaban J connectivity index is 1.64. The molecular weight excluding hydrogens is 266 g/mol. The fourth-order valence-corrected chi connectivity index (χ4v) is 2.59. The van der Waals surface area contributed by atoms with Gasteiger partial charge >= 0.3 is 0 Å². The standard InChI is InChI=1S/C16H25N3O2/c1-21-10-8-17-11-16(20)18-15-7-9-19(13-15)12-14-5-3-2-4-6-14/h2-6,15,17H,7-13H2,1H3,(H,18,20). The van der Waals surface area contributed by atoms with Crippen LogP contribution in [0.5, 0.6) is 0 Å². The molecule has 1 atom stereocenters. The first-order chi connectivity index (χ1) is 10.3. The molecule has 1 saturated heterocycles. The van der Waals surface area contributed by atoms with E-state index >= 15 is 0 Å². The van der Waals surface area contributed by atoms with Crippen LogP contribution in [0.3, 0.4) is 0 Å². The Bertz CT molecular complexity index is 425. The van der Waals surface area contributed by atoms with Crippen molar-refractivity contribution < 1.29 is 9.53 Å². The van der Waals surface area contributed by atoms with E-state index < -0.39 is 0 Å². The van der Waals surface area contributed by atoms with E-state index in [0.717, 1.165) is 26.1 Å². The van der Waals surface area contributed by atoms with Crippen molar-refractivity contribution in [3.63, 3.8) is 0 Å². The predicted octanol–water partition coefficient (Wildman–Crippen LogP) is 0.613. The van der Waals surface area contributed by atoms with Gasteiger partial charge in [-0.25, -0.2) is 0 Å². The summed E-state index contributed by atoms with van der Waals surface area (Å²) in [6.45, 7) is 4.61. The maximum Gasteiger partial charge on any atom is 0.234 e. The molecule has 116 valence electrons. The van der Waals surface area contributed by atoms with Crippen LogP contribution in [-0.4, -0.2) is 56.7 Å². The second-order valence-electron chi connectivity index (χ2n) is 5.44. The summed E-state index contributed by atoms with van der Waals surface area (Å²) in [7, 11) is 1.65. The number of benzene rings is 1. The van der Waals surface area contributed by atoms with Crippen LogP contribution in [0, 0.1) is 0 Å². The highest BCUT2D eigenvalue weighted by Crippen LogP contribution is 2.13. The number of amides is 1. The molecule has 1 aliphatic heterocycles. The molecule has 1 aromatic rings. The van der Waals surface area contributed by atoms with E-state index in [2.05, 4.69) is 39.8 Å². The van der Waals surface area contributed by atoms with Gasteiger partial charge < -0.3 is 15.4 Å². The summed E-state index contributed by atoms with van der Waals surface area (Å²) in [6, 6.07) is 10.7. The number of nitrogens with one attached hydrogen (secondary N) is 2. The van der Waals surface area contributed by atoms with Crippen LogP contribution < -0.4 is 10.6 Å². The number of ether oxygens (including phenoxy) is 1. The summed E-state index contributed by atoms with van der Waals surface area (Å²) in [5.74, 6) is 0.0673. The number of hydrogen-bond donors (Lipinski definition) is 2. The minimum atomic E-state index is 0.0673. The quantitative estimate of drug-likeness (QED) is 0.689. The minimum absolute atomic E-state index is 0.0673. The fourth-order valence-electron chi connectivity index (χ4n) is 2.59. The van der Waals surface area contributed by atoms with Crippen LogP contribution >= 0.6 is 0 Å². The van der Waals surface area contributed by atoms with E-state index in [1.807, 2.05) is 6.07 Å². The summed E-state index contributed by atoms with van der Waals surface area (Å²) in [5.41, 5.74) is 1.32. The molecule has 1 heterocycles. The maximum absolute atomic E-state index is 11.8. The van der Waals surface area contributed by atoms with E-state index in [-0.39, 0.29) is 11.9 Å². The van der Waals surface area contributed by atoms with Crippen LogP contribution in [0.15, 0.2) is 30.3 Å². The van der Waals surface area contributed by atoms with E-state index in [9.17, 15) is 4.79 Å². The normalized spacial score (nSPS) is 18.8. The molecule has 1 fully saturated rings. The van der Waals surface area contributed by atoms with Crippen molar-refractivity contribution in [3.05, 3.63) is 35.9 Å². The Morgan fingerprint density at radius 2 is 2.19 bits per heavy atom. The lowest BCUT2D eigenvalue weighted by Gasteiger charge is -2.17. The molecule has 1 aromatic carbocycles. The average molecular weight is 291 g/mol. The zero-order chi connectivity index (χ0) is 14.9. The third-order valence-electron chi connectivity index (χ3n) is 3.66. The van der Waals surface area contributed by atoms with Gasteiger partial charge in [-0.1, -0.05) is 30.3 Å². The number of carbonyl (C=O) groups excluding carboxylic acids is 1. The van der Waals surface area contributed by atoms with Crippen LogP contribution in [0.2, 0.25) is 0 Å². The Hall–Kier alpha value is -1.43. The third kappa shape index (κ3) is 5.83. The van der Waals surface area contributed by atoms with Crippen molar-refractivity contribution in [1.29, 1.82) is 0 Å². The summed E-state index contributed by atoms with van der Waals surface area (Å²) >= 11 is 0. The van der Waals surface area contributed by atoms with Crippen molar-refractivity contribution in [2.75, 3.05) is 39.9 Å². The number of likely N-dealkylation sites (tertiary alicyclic amines) is 1. The molecule has 2 N–H and O–H groups in total. The summed E-state index contributed by atoms with van der Waals surface area (Å²) in [5, 5.41) is 6.15. The monoisotopic (exact) mass is 291 g/mol. The third-order valence-corrected chi connectivity index (χ3v) is 3.66.